The second kappa shape index (κ2) is 12.4. The van der Waals surface area contributed by atoms with Crippen LogP contribution in [0.4, 0.5) is 4.39 Å². The van der Waals surface area contributed by atoms with Gasteiger partial charge in [-0.3, -0.25) is 23.7 Å². The van der Waals surface area contributed by atoms with Gasteiger partial charge >= 0.3 is 11.8 Å². The van der Waals surface area contributed by atoms with Crippen molar-refractivity contribution >= 4 is 17.6 Å². The molecule has 0 aliphatic carbocycles. The minimum atomic E-state index is -3.16. The Labute approximate surface area is 226 Å². The molecule has 0 radical (unpaired) electrons. The Morgan fingerprint density at radius 1 is 1.18 bits per heavy atom. The van der Waals surface area contributed by atoms with Gasteiger partial charge in [0.15, 0.2) is 11.5 Å². The summed E-state index contributed by atoms with van der Waals surface area (Å²) in [5.41, 5.74) is -3.16. The van der Waals surface area contributed by atoms with Crippen molar-refractivity contribution in [2.75, 3.05) is 20.3 Å². The zero-order valence-corrected chi connectivity index (χ0v) is 21.7. The van der Waals surface area contributed by atoms with Crippen molar-refractivity contribution in [3.63, 3.8) is 0 Å². The van der Waals surface area contributed by atoms with E-state index in [9.17, 15) is 23.6 Å². The van der Waals surface area contributed by atoms with E-state index in [4.69, 9.17) is 18.0 Å². The molecular formula is C25H29FN6O7. The smallest absolute Gasteiger partial charge is 0.309 e. The third-order valence-corrected chi connectivity index (χ3v) is 5.29. The fraction of sp³-hybridized carbons (Fsp3) is 0.400. The number of hydrogen-bond acceptors (Lipinski definition) is 10. The van der Waals surface area contributed by atoms with E-state index < -0.39 is 71.3 Å². The fourth-order valence-electron chi connectivity index (χ4n) is 3.30. The molecule has 0 aliphatic rings. The number of amides is 2. The lowest BCUT2D eigenvalue weighted by Gasteiger charge is -2.27. The Balaban J connectivity index is 2.10. The molecule has 3 aromatic rings. The van der Waals surface area contributed by atoms with Crippen molar-refractivity contribution in [3.8, 4) is 5.75 Å². The SMILES string of the molecule is [2H]C([2H])([2H])n1c(C(C)(C)NC(=O)c2nnc(C)o2)nc(C(=O)NCc2ccc(F)cc2)c(OCC(=O)CCOC)c1=O. The van der Waals surface area contributed by atoms with E-state index in [0.717, 1.165) is 0 Å². The number of aromatic nitrogens is 4. The number of carbonyl (C=O) groups excluding carboxylic acids is 3. The van der Waals surface area contributed by atoms with Gasteiger partial charge in [-0.25, -0.2) is 9.37 Å². The van der Waals surface area contributed by atoms with Crippen LogP contribution in [0.15, 0.2) is 33.5 Å². The van der Waals surface area contributed by atoms with Crippen molar-refractivity contribution in [1.29, 1.82) is 0 Å². The number of benzene rings is 1. The van der Waals surface area contributed by atoms with E-state index in [1.807, 2.05) is 0 Å². The molecule has 0 fully saturated rings. The number of methoxy groups -OCH3 is 1. The summed E-state index contributed by atoms with van der Waals surface area (Å²) in [6, 6.07) is 5.22. The molecule has 0 bridgehead atoms. The summed E-state index contributed by atoms with van der Waals surface area (Å²) in [6.07, 6.45) is -0.0736. The molecule has 2 heterocycles. The summed E-state index contributed by atoms with van der Waals surface area (Å²) in [4.78, 5) is 56.1. The highest BCUT2D eigenvalue weighted by Crippen LogP contribution is 2.21. The number of ketones is 1. The van der Waals surface area contributed by atoms with Crippen LogP contribution < -0.4 is 20.9 Å². The molecule has 0 saturated carbocycles. The van der Waals surface area contributed by atoms with Gasteiger partial charge in [-0.1, -0.05) is 12.1 Å². The Bertz CT molecular complexity index is 1520. The molecule has 13 nitrogen and oxygen atoms in total. The lowest BCUT2D eigenvalue weighted by Crippen LogP contribution is -2.46. The topological polar surface area (TPSA) is 168 Å². The minimum absolute atomic E-state index is 0.0668. The van der Waals surface area contributed by atoms with Crippen LogP contribution in [0.25, 0.3) is 0 Å². The number of Topliss-reactive ketones (excluding diaryl/α,β-unsaturated/α-hetero) is 1. The molecule has 0 saturated heterocycles. The molecule has 0 unspecified atom stereocenters. The largest absolute Gasteiger partial charge is 0.478 e. The van der Waals surface area contributed by atoms with Gasteiger partial charge in [-0.05, 0) is 31.5 Å². The second-order valence-corrected chi connectivity index (χ2v) is 8.84. The summed E-state index contributed by atoms with van der Waals surface area (Å²) in [5.74, 6) is -4.54. The summed E-state index contributed by atoms with van der Waals surface area (Å²) < 4.78 is 53.0. The Morgan fingerprint density at radius 2 is 1.90 bits per heavy atom. The average Bonchev–Trinajstić information content (AvgIpc) is 3.35. The van der Waals surface area contributed by atoms with Crippen molar-refractivity contribution < 1.29 is 36.8 Å². The summed E-state index contributed by atoms with van der Waals surface area (Å²) in [6.45, 7) is 0.233. The fourth-order valence-corrected chi connectivity index (χ4v) is 3.30. The van der Waals surface area contributed by atoms with Crippen LogP contribution >= 0.6 is 0 Å². The highest BCUT2D eigenvalue weighted by molar-refractivity contribution is 5.95. The maximum absolute atomic E-state index is 13.6. The Hall–Kier alpha value is -4.46. The first kappa shape index (κ1) is 24.9. The number of halogens is 1. The van der Waals surface area contributed by atoms with Gasteiger partial charge in [-0.15, -0.1) is 10.2 Å². The first-order valence-corrected chi connectivity index (χ1v) is 11.6. The van der Waals surface area contributed by atoms with Crippen molar-refractivity contribution in [3.05, 3.63) is 69.3 Å². The second-order valence-electron chi connectivity index (χ2n) is 8.84. The van der Waals surface area contributed by atoms with Crippen LogP contribution in [0.5, 0.6) is 5.75 Å². The van der Waals surface area contributed by atoms with Gasteiger partial charge in [0.25, 0.3) is 11.5 Å². The van der Waals surface area contributed by atoms with Crippen LogP contribution in [-0.2, 0) is 28.6 Å². The Kier molecular flexibility index (Phi) is 7.89. The molecule has 1 aromatic carbocycles. The summed E-state index contributed by atoms with van der Waals surface area (Å²) >= 11 is 0. The van der Waals surface area contributed by atoms with Gasteiger partial charge in [-0.2, -0.15) is 0 Å². The highest BCUT2D eigenvalue weighted by atomic mass is 19.1. The molecule has 3 rings (SSSR count). The van der Waals surface area contributed by atoms with Crippen molar-refractivity contribution in [1.82, 2.24) is 30.4 Å². The molecule has 39 heavy (non-hydrogen) atoms. The molecular weight excluding hydrogens is 515 g/mol. The maximum Gasteiger partial charge on any atom is 0.309 e. The van der Waals surface area contributed by atoms with E-state index in [1.54, 1.807) is 0 Å². The lowest BCUT2D eigenvalue weighted by molar-refractivity contribution is -0.121. The van der Waals surface area contributed by atoms with E-state index in [-0.39, 0.29) is 30.0 Å². The molecule has 0 atom stereocenters. The van der Waals surface area contributed by atoms with E-state index in [0.29, 0.717) is 5.56 Å². The standard InChI is InChI=1S/C25H29FN6O7/c1-14-30-31-22(39-14)21(35)29-25(2,3)24-28-18(20(34)27-12-15-6-8-16(26)9-7-15)19(23(36)32(24)4)38-13-17(33)10-11-37-5/h6-9H,10-13H2,1-5H3,(H,27,34)(H,29,35)/i4D3. The first-order chi connectivity index (χ1) is 19.6. The number of ether oxygens (including phenoxy) is 2. The molecule has 2 amide bonds. The quantitative estimate of drug-likeness (QED) is 0.336. The summed E-state index contributed by atoms with van der Waals surface area (Å²) in [5, 5.41) is 12.2. The van der Waals surface area contributed by atoms with Gasteiger partial charge in [0.2, 0.25) is 11.6 Å². The molecule has 0 aliphatic heterocycles. The number of hydrogen-bond donors (Lipinski definition) is 2. The van der Waals surface area contributed by atoms with Gasteiger partial charge in [0.1, 0.15) is 18.2 Å². The van der Waals surface area contributed by atoms with Gasteiger partial charge < -0.3 is 24.5 Å². The van der Waals surface area contributed by atoms with Crippen LogP contribution in [0.2, 0.25) is 0 Å². The first-order valence-electron chi connectivity index (χ1n) is 13.1. The third kappa shape index (κ3) is 7.31. The van der Waals surface area contributed by atoms with Crippen LogP contribution in [-0.4, -0.2) is 57.7 Å². The van der Waals surface area contributed by atoms with E-state index in [2.05, 4.69) is 25.8 Å². The highest BCUT2D eigenvalue weighted by Gasteiger charge is 2.33. The third-order valence-electron chi connectivity index (χ3n) is 5.29. The zero-order valence-electron chi connectivity index (χ0n) is 24.7. The molecule has 2 aromatic heterocycles. The van der Waals surface area contributed by atoms with Gasteiger partial charge in [0.05, 0.1) is 12.1 Å². The van der Waals surface area contributed by atoms with Crippen LogP contribution in [0.1, 0.15) is 62.8 Å². The predicted octanol–water partition coefficient (Wildman–Crippen LogP) is 1.19. The normalized spacial score (nSPS) is 12.7. The predicted molar refractivity (Wildman–Crippen MR) is 134 cm³/mol. The average molecular weight is 548 g/mol. The number of nitrogens with one attached hydrogen (secondary N) is 2. The lowest BCUT2D eigenvalue weighted by atomic mass is 10.0. The Morgan fingerprint density at radius 3 is 2.51 bits per heavy atom. The molecule has 208 valence electrons. The van der Waals surface area contributed by atoms with Crippen molar-refractivity contribution in [2.24, 2.45) is 6.98 Å². The van der Waals surface area contributed by atoms with Crippen LogP contribution in [0.3, 0.4) is 0 Å². The molecule has 0 spiro atoms. The number of nitrogens with zero attached hydrogens (tertiary/aromatic N) is 4. The van der Waals surface area contributed by atoms with Gasteiger partial charge in [0, 0.05) is 38.1 Å². The molecule has 2 N–H and O–H groups in total. The number of carbonyl (C=O) groups is 3. The summed E-state index contributed by atoms with van der Waals surface area (Å²) in [7, 11) is 1.38. The number of aryl methyl sites for hydroxylation is 1. The zero-order chi connectivity index (χ0) is 31.2. The minimum Gasteiger partial charge on any atom is -0.478 e. The van der Waals surface area contributed by atoms with E-state index >= 15 is 0 Å². The maximum atomic E-state index is 13.6. The number of rotatable bonds is 12. The molecule has 14 heteroatoms. The monoisotopic (exact) mass is 547 g/mol. The van der Waals surface area contributed by atoms with Crippen LogP contribution in [0, 0.1) is 12.7 Å². The van der Waals surface area contributed by atoms with Crippen molar-refractivity contribution in [2.45, 2.75) is 39.3 Å². The van der Waals surface area contributed by atoms with E-state index in [1.165, 1.54) is 52.1 Å².